The summed E-state index contributed by atoms with van der Waals surface area (Å²) in [4.78, 5) is 25.4. The number of anilines is 1. The topological polar surface area (TPSA) is 150 Å². The van der Waals surface area contributed by atoms with Crippen molar-refractivity contribution in [3.63, 3.8) is 0 Å². The highest BCUT2D eigenvalue weighted by Crippen LogP contribution is 2.50. The predicted octanol–water partition coefficient (Wildman–Crippen LogP) is 2.97. The van der Waals surface area contributed by atoms with Crippen molar-refractivity contribution in [1.29, 1.82) is 0 Å². The molecule has 38 heavy (non-hydrogen) atoms. The van der Waals surface area contributed by atoms with Gasteiger partial charge < -0.3 is 24.4 Å². The van der Waals surface area contributed by atoms with E-state index in [9.17, 15) is 14.5 Å². The lowest BCUT2D eigenvalue weighted by molar-refractivity contribution is -0.142. The Kier molecular flexibility index (Phi) is 8.70. The molecule has 15 heteroatoms. The third-order valence-corrected chi connectivity index (χ3v) is 9.93. The van der Waals surface area contributed by atoms with Crippen LogP contribution in [-0.4, -0.2) is 80.8 Å². The molecule has 3 N–H and O–H groups in total. The number of imidazole rings is 1. The van der Waals surface area contributed by atoms with E-state index in [-0.39, 0.29) is 5.49 Å². The minimum Gasteiger partial charge on any atom is -0.468 e. The molecule has 0 amide bonds. The van der Waals surface area contributed by atoms with Crippen LogP contribution in [0.25, 0.3) is 11.2 Å². The summed E-state index contributed by atoms with van der Waals surface area (Å²) in [7, 11) is -0.812. The maximum atomic E-state index is 15.9. The second kappa shape index (κ2) is 11.6. The first-order valence-electron chi connectivity index (χ1n) is 11.7. The van der Waals surface area contributed by atoms with E-state index in [1.165, 1.54) is 49.9 Å². The molecule has 0 aliphatic carbocycles. The van der Waals surface area contributed by atoms with Crippen LogP contribution in [-0.2, 0) is 23.4 Å². The standard InChI is InChI=1S/C23H30FN6O6PS/c1-14(21(32)34-4)29-37(33,13-38-15-8-6-5-7-9-15)35-10-16-18(31)23(2,24)22(36-16)30-12-28-17-19(25-3)26-11-27-20(17)30/h5-9,11-12,14,16,18,22,31H,10,13H2,1-4H3,(H,29,33)(H,25,26,27)/t14-,16-,18-,22-,23-,37?/m1/s1. The number of aromatic nitrogens is 4. The Morgan fingerprint density at radius 3 is 2.76 bits per heavy atom. The molecule has 0 spiro atoms. The van der Waals surface area contributed by atoms with E-state index >= 15 is 4.39 Å². The molecule has 1 saturated heterocycles. The maximum Gasteiger partial charge on any atom is 0.323 e. The zero-order valence-electron chi connectivity index (χ0n) is 21.3. The number of aliphatic hydroxyl groups is 1. The fourth-order valence-corrected chi connectivity index (χ4v) is 7.44. The highest BCUT2D eigenvalue weighted by molar-refractivity contribution is 8.04. The van der Waals surface area contributed by atoms with Crippen LogP contribution in [0.1, 0.15) is 20.1 Å². The number of nitrogens with one attached hydrogen (secondary N) is 2. The molecule has 3 aromatic rings. The summed E-state index contributed by atoms with van der Waals surface area (Å²) < 4.78 is 47.4. The van der Waals surface area contributed by atoms with Gasteiger partial charge in [0.25, 0.3) is 7.52 Å². The molecule has 0 bridgehead atoms. The summed E-state index contributed by atoms with van der Waals surface area (Å²) in [6, 6.07) is 8.30. The first-order chi connectivity index (χ1) is 18.1. The van der Waals surface area contributed by atoms with Crippen LogP contribution in [0.4, 0.5) is 10.2 Å². The number of carbonyl (C=O) groups excluding carboxylic acids is 1. The predicted molar refractivity (Wildman–Crippen MR) is 140 cm³/mol. The van der Waals surface area contributed by atoms with Gasteiger partial charge in [-0.1, -0.05) is 18.2 Å². The zero-order valence-corrected chi connectivity index (χ0v) is 23.0. The number of methoxy groups -OCH3 is 1. The molecular formula is C23H30FN6O6PS. The van der Waals surface area contributed by atoms with Crippen molar-refractivity contribution in [1.82, 2.24) is 24.6 Å². The summed E-state index contributed by atoms with van der Waals surface area (Å²) in [6.45, 7) is 2.29. The largest absolute Gasteiger partial charge is 0.468 e. The molecule has 0 saturated carbocycles. The van der Waals surface area contributed by atoms with Crippen molar-refractivity contribution in [2.24, 2.45) is 0 Å². The summed E-state index contributed by atoms with van der Waals surface area (Å²) in [5.41, 5.74) is -1.58. The van der Waals surface area contributed by atoms with Crippen molar-refractivity contribution in [2.45, 2.75) is 48.9 Å². The van der Waals surface area contributed by atoms with Crippen LogP contribution >= 0.6 is 19.3 Å². The number of alkyl halides is 1. The molecule has 6 atom stereocenters. The SMILES string of the molecule is CNc1ncnc2c1ncn2[C@@H]1O[C@H](COP(=O)(CSc2ccccc2)N[C@H](C)C(=O)OC)[C@@H](O)[C@@]1(C)F. The van der Waals surface area contributed by atoms with Gasteiger partial charge in [-0.2, -0.15) is 0 Å². The van der Waals surface area contributed by atoms with Gasteiger partial charge in [-0.15, -0.1) is 11.8 Å². The van der Waals surface area contributed by atoms with Crippen molar-refractivity contribution in [3.05, 3.63) is 43.0 Å². The normalized spacial score (nSPS) is 25.7. The van der Waals surface area contributed by atoms with Gasteiger partial charge in [0, 0.05) is 11.9 Å². The molecule has 12 nitrogen and oxygen atoms in total. The number of rotatable bonds is 11. The highest BCUT2D eigenvalue weighted by Gasteiger charge is 2.55. The molecule has 206 valence electrons. The van der Waals surface area contributed by atoms with Crippen LogP contribution in [0.3, 0.4) is 0 Å². The third-order valence-electron chi connectivity index (χ3n) is 6.10. The maximum absolute atomic E-state index is 15.9. The number of ether oxygens (including phenoxy) is 2. The molecule has 1 aromatic carbocycles. The first-order valence-corrected chi connectivity index (χ1v) is 14.5. The van der Waals surface area contributed by atoms with E-state index in [0.29, 0.717) is 17.0 Å². The second-order valence-corrected chi connectivity index (χ2v) is 12.5. The van der Waals surface area contributed by atoms with Gasteiger partial charge in [-0.05, 0) is 26.0 Å². The number of carbonyl (C=O) groups is 1. The van der Waals surface area contributed by atoms with Gasteiger partial charge in [-0.25, -0.2) is 24.4 Å². The van der Waals surface area contributed by atoms with E-state index in [1.54, 1.807) is 7.05 Å². The number of benzene rings is 1. The van der Waals surface area contributed by atoms with Gasteiger partial charge in [-0.3, -0.25) is 13.9 Å². The Hall–Kier alpha value is -2.61. The van der Waals surface area contributed by atoms with Gasteiger partial charge in [0.05, 0.1) is 25.5 Å². The quantitative estimate of drug-likeness (QED) is 0.177. The Bertz CT molecular complexity index is 1310. The molecule has 3 heterocycles. The number of nitrogens with zero attached hydrogens (tertiary/aromatic N) is 4. The van der Waals surface area contributed by atoms with Crippen LogP contribution in [0.15, 0.2) is 47.9 Å². The zero-order chi connectivity index (χ0) is 27.5. The summed E-state index contributed by atoms with van der Waals surface area (Å²) >= 11 is 1.26. The van der Waals surface area contributed by atoms with E-state index in [4.69, 9.17) is 14.0 Å². The minimum atomic E-state index is -3.71. The number of thioether (sulfide) groups is 1. The fraction of sp³-hybridized carbons (Fsp3) is 0.478. The minimum absolute atomic E-state index is 0.0344. The molecule has 1 aliphatic heterocycles. The first kappa shape index (κ1) is 28.4. The van der Waals surface area contributed by atoms with Gasteiger partial charge in [0.1, 0.15) is 30.1 Å². The smallest absolute Gasteiger partial charge is 0.323 e. The van der Waals surface area contributed by atoms with Crippen molar-refractivity contribution < 1.29 is 32.9 Å². The average molecular weight is 569 g/mol. The number of hydrogen-bond donors (Lipinski definition) is 3. The number of esters is 1. The van der Waals surface area contributed by atoms with Crippen molar-refractivity contribution in [2.75, 3.05) is 31.6 Å². The molecular weight excluding hydrogens is 538 g/mol. The van der Waals surface area contributed by atoms with Crippen molar-refractivity contribution in [3.8, 4) is 0 Å². The lowest BCUT2D eigenvalue weighted by atomic mass is 9.98. The number of aliphatic hydroxyl groups excluding tert-OH is 1. The van der Waals surface area contributed by atoms with E-state index in [1.807, 2.05) is 30.3 Å². The van der Waals surface area contributed by atoms with E-state index in [0.717, 1.165) is 4.90 Å². The summed E-state index contributed by atoms with van der Waals surface area (Å²) in [6.07, 6.45) is -1.43. The molecule has 2 aromatic heterocycles. The third kappa shape index (κ3) is 5.85. The molecule has 0 radical (unpaired) electrons. The van der Waals surface area contributed by atoms with Crippen LogP contribution < -0.4 is 10.4 Å². The van der Waals surface area contributed by atoms with E-state index in [2.05, 4.69) is 25.4 Å². The van der Waals surface area contributed by atoms with Crippen LogP contribution in [0.5, 0.6) is 0 Å². The Morgan fingerprint density at radius 1 is 1.34 bits per heavy atom. The molecule has 1 fully saturated rings. The second-order valence-electron chi connectivity index (χ2n) is 8.85. The van der Waals surface area contributed by atoms with Crippen molar-refractivity contribution >= 4 is 42.2 Å². The average Bonchev–Trinajstić information content (AvgIpc) is 3.44. The Morgan fingerprint density at radius 2 is 2.08 bits per heavy atom. The lowest BCUT2D eigenvalue weighted by Gasteiger charge is -2.25. The Labute approximate surface area is 223 Å². The molecule has 1 unspecified atom stereocenters. The van der Waals surface area contributed by atoms with Crippen LogP contribution in [0.2, 0.25) is 0 Å². The van der Waals surface area contributed by atoms with Gasteiger partial charge in [0.15, 0.2) is 23.4 Å². The highest BCUT2D eigenvalue weighted by atomic mass is 32.2. The van der Waals surface area contributed by atoms with Crippen LogP contribution in [0, 0.1) is 0 Å². The van der Waals surface area contributed by atoms with Gasteiger partial charge >= 0.3 is 5.97 Å². The summed E-state index contributed by atoms with van der Waals surface area (Å²) in [5, 5.41) is 16.4. The number of fused-ring (bicyclic) bond motifs is 1. The molecule has 1 aliphatic rings. The van der Waals surface area contributed by atoms with E-state index < -0.39 is 50.2 Å². The number of halogens is 1. The summed E-state index contributed by atoms with van der Waals surface area (Å²) in [5.74, 6) is -0.169. The lowest BCUT2D eigenvalue weighted by Crippen LogP contribution is -2.41. The van der Waals surface area contributed by atoms with Gasteiger partial charge in [0.2, 0.25) is 0 Å². The fourth-order valence-electron chi connectivity index (χ4n) is 4.06. The number of hydrogen-bond acceptors (Lipinski definition) is 11. The Balaban J connectivity index is 1.52. The monoisotopic (exact) mass is 568 g/mol. The molecule has 4 rings (SSSR count).